The molecule has 1 fully saturated rings. The van der Waals surface area contributed by atoms with Crippen LogP contribution in [0.4, 0.5) is 0 Å². The molecule has 0 bridgehead atoms. The average Bonchev–Trinajstić information content (AvgIpc) is 2.91. The molecule has 0 saturated heterocycles. The number of hydrogen-bond acceptors (Lipinski definition) is 5. The Morgan fingerprint density at radius 1 is 1.41 bits per heavy atom. The van der Waals surface area contributed by atoms with Gasteiger partial charge in [-0.3, -0.25) is 0 Å². The van der Waals surface area contributed by atoms with Crippen molar-refractivity contribution >= 4 is 5.71 Å². The fourth-order valence-corrected chi connectivity index (χ4v) is 2.30. The molecule has 3 atom stereocenters. The molecule has 0 unspecified atom stereocenters. The van der Waals surface area contributed by atoms with Crippen LogP contribution in [0.1, 0.15) is 26.2 Å². The van der Waals surface area contributed by atoms with Crippen molar-refractivity contribution in [1.82, 2.24) is 0 Å². The second-order valence-electron chi connectivity index (χ2n) is 4.48. The lowest BCUT2D eigenvalue weighted by Crippen LogP contribution is -2.24. The smallest absolute Gasteiger partial charge is 0.146 e. The maximum absolute atomic E-state index is 5.84. The van der Waals surface area contributed by atoms with Gasteiger partial charge >= 0.3 is 0 Å². The summed E-state index contributed by atoms with van der Waals surface area (Å²) in [4.78, 5) is 5.15. The Labute approximate surface area is 102 Å². The highest BCUT2D eigenvalue weighted by molar-refractivity contribution is 5.94. The van der Waals surface area contributed by atoms with Gasteiger partial charge in [-0.15, -0.1) is 0 Å². The first kappa shape index (κ1) is 12.8. The topological polar surface area (TPSA) is 49.3 Å². The number of unbranched alkanes of at least 4 members (excludes halogenated alkanes) is 1. The molecule has 1 heterocycles. The third kappa shape index (κ3) is 2.97. The van der Waals surface area contributed by atoms with Gasteiger partial charge in [0.25, 0.3) is 0 Å². The Bertz CT molecular complexity index is 269. The normalized spacial score (nSPS) is 31.2. The van der Waals surface area contributed by atoms with Gasteiger partial charge in [0.2, 0.25) is 0 Å². The quantitative estimate of drug-likeness (QED) is 0.503. The molecule has 0 spiro atoms. The Hall–Kier alpha value is -0.650. The van der Waals surface area contributed by atoms with Crippen LogP contribution in [0.3, 0.4) is 0 Å². The summed E-state index contributed by atoms with van der Waals surface area (Å²) in [6.07, 6.45) is 3.26. The zero-order valence-corrected chi connectivity index (χ0v) is 10.6. The number of methoxy groups -OCH3 is 1. The van der Waals surface area contributed by atoms with E-state index in [9.17, 15) is 0 Å². The molecule has 0 aromatic carbocycles. The summed E-state index contributed by atoms with van der Waals surface area (Å²) in [5.74, 6) is 0.247. The highest BCUT2D eigenvalue weighted by atomic mass is 16.7. The zero-order chi connectivity index (χ0) is 12.1. The summed E-state index contributed by atoms with van der Waals surface area (Å²) >= 11 is 0. The van der Waals surface area contributed by atoms with Crippen molar-refractivity contribution in [3.63, 3.8) is 0 Å². The maximum atomic E-state index is 5.84. The minimum absolute atomic E-state index is 0.0657. The summed E-state index contributed by atoms with van der Waals surface area (Å²) in [7, 11) is 1.63. The van der Waals surface area contributed by atoms with Crippen molar-refractivity contribution in [1.29, 1.82) is 0 Å². The van der Waals surface area contributed by atoms with E-state index >= 15 is 0 Å². The molecule has 2 rings (SSSR count). The fraction of sp³-hybridized carbons (Fsp3) is 0.917. The van der Waals surface area contributed by atoms with E-state index in [-0.39, 0.29) is 18.1 Å². The summed E-state index contributed by atoms with van der Waals surface area (Å²) in [6.45, 7) is 3.86. The molecule has 2 aliphatic rings. The Balaban J connectivity index is 1.86. The SMILES string of the molecule is CCCCO[C@@H]1C[C@H](OCOC)[C@H]2CON=C12. The summed E-state index contributed by atoms with van der Waals surface area (Å²) in [6, 6.07) is 0. The lowest BCUT2D eigenvalue weighted by Gasteiger charge is -2.15. The minimum atomic E-state index is 0.0657. The molecular formula is C12H21NO4. The van der Waals surface area contributed by atoms with Gasteiger partial charge in [0.15, 0.2) is 0 Å². The predicted molar refractivity (Wildman–Crippen MR) is 62.9 cm³/mol. The lowest BCUT2D eigenvalue weighted by atomic mass is 10.1. The first-order chi connectivity index (χ1) is 8.36. The highest BCUT2D eigenvalue weighted by Gasteiger charge is 2.45. The van der Waals surface area contributed by atoms with Crippen LogP contribution in [0.15, 0.2) is 5.16 Å². The number of nitrogens with zero attached hydrogens (tertiary/aromatic N) is 1. The number of fused-ring (bicyclic) bond motifs is 1. The Morgan fingerprint density at radius 3 is 3.06 bits per heavy atom. The highest BCUT2D eigenvalue weighted by Crippen LogP contribution is 2.32. The van der Waals surface area contributed by atoms with Crippen molar-refractivity contribution in [2.45, 2.75) is 38.4 Å². The van der Waals surface area contributed by atoms with Crippen molar-refractivity contribution in [3.05, 3.63) is 0 Å². The molecular weight excluding hydrogens is 222 g/mol. The second kappa shape index (κ2) is 6.33. The molecule has 5 heteroatoms. The van der Waals surface area contributed by atoms with Gasteiger partial charge in [-0.25, -0.2) is 0 Å². The average molecular weight is 243 g/mol. The van der Waals surface area contributed by atoms with Crippen LogP contribution < -0.4 is 0 Å². The van der Waals surface area contributed by atoms with Crippen LogP contribution in [0.5, 0.6) is 0 Å². The van der Waals surface area contributed by atoms with E-state index in [0.717, 1.165) is 31.6 Å². The lowest BCUT2D eigenvalue weighted by molar-refractivity contribution is -0.0906. The van der Waals surface area contributed by atoms with Gasteiger partial charge in [0, 0.05) is 20.1 Å². The molecule has 98 valence electrons. The van der Waals surface area contributed by atoms with E-state index in [1.54, 1.807) is 7.11 Å². The molecule has 17 heavy (non-hydrogen) atoms. The number of ether oxygens (including phenoxy) is 3. The van der Waals surface area contributed by atoms with E-state index in [2.05, 4.69) is 12.1 Å². The second-order valence-corrected chi connectivity index (χ2v) is 4.48. The molecule has 1 aliphatic heterocycles. The molecule has 0 radical (unpaired) electrons. The number of hydrogen-bond donors (Lipinski definition) is 0. The Kier molecular flexibility index (Phi) is 4.76. The van der Waals surface area contributed by atoms with Crippen LogP contribution in [0, 0.1) is 5.92 Å². The first-order valence-corrected chi connectivity index (χ1v) is 6.28. The van der Waals surface area contributed by atoms with Crippen molar-refractivity contribution in [2.24, 2.45) is 11.1 Å². The van der Waals surface area contributed by atoms with E-state index in [4.69, 9.17) is 19.0 Å². The van der Waals surface area contributed by atoms with Gasteiger partial charge in [0.05, 0.1) is 17.7 Å². The van der Waals surface area contributed by atoms with Gasteiger partial charge in [-0.05, 0) is 6.42 Å². The van der Waals surface area contributed by atoms with Crippen LogP contribution >= 0.6 is 0 Å². The van der Waals surface area contributed by atoms with Crippen LogP contribution in [0.2, 0.25) is 0 Å². The summed E-state index contributed by atoms with van der Waals surface area (Å²) in [5, 5.41) is 4.09. The van der Waals surface area contributed by atoms with Crippen LogP contribution in [-0.2, 0) is 19.0 Å². The van der Waals surface area contributed by atoms with Gasteiger partial charge in [-0.1, -0.05) is 18.5 Å². The van der Waals surface area contributed by atoms with Crippen molar-refractivity contribution in [3.8, 4) is 0 Å². The zero-order valence-electron chi connectivity index (χ0n) is 10.6. The third-order valence-corrected chi connectivity index (χ3v) is 3.25. The van der Waals surface area contributed by atoms with Crippen LogP contribution in [-0.4, -0.2) is 45.0 Å². The molecule has 5 nitrogen and oxygen atoms in total. The molecule has 1 aliphatic carbocycles. The van der Waals surface area contributed by atoms with E-state index in [0.29, 0.717) is 13.4 Å². The predicted octanol–water partition coefficient (Wildman–Crippen LogP) is 1.57. The van der Waals surface area contributed by atoms with Crippen molar-refractivity contribution < 1.29 is 19.0 Å². The number of rotatable bonds is 7. The van der Waals surface area contributed by atoms with Gasteiger partial charge in [-0.2, -0.15) is 0 Å². The third-order valence-electron chi connectivity index (χ3n) is 3.25. The maximum Gasteiger partial charge on any atom is 0.146 e. The monoisotopic (exact) mass is 243 g/mol. The van der Waals surface area contributed by atoms with E-state index < -0.39 is 0 Å². The van der Waals surface area contributed by atoms with Gasteiger partial charge < -0.3 is 19.0 Å². The minimum Gasteiger partial charge on any atom is -0.395 e. The molecule has 0 aromatic rings. The standard InChI is InChI=1S/C12H21NO4/c1-3-4-5-15-11-6-10(16-8-14-2)9-7-17-13-12(9)11/h9-11H,3-8H2,1-2H3/t9-,10+,11-/m1/s1. The van der Waals surface area contributed by atoms with E-state index in [1.807, 2.05) is 0 Å². The summed E-state index contributed by atoms with van der Waals surface area (Å²) < 4.78 is 16.4. The van der Waals surface area contributed by atoms with Crippen LogP contribution in [0.25, 0.3) is 0 Å². The summed E-state index contributed by atoms with van der Waals surface area (Å²) in [5.41, 5.74) is 1.02. The molecule has 0 aromatic heterocycles. The molecule has 0 N–H and O–H groups in total. The van der Waals surface area contributed by atoms with E-state index in [1.165, 1.54) is 0 Å². The molecule has 1 saturated carbocycles. The van der Waals surface area contributed by atoms with Gasteiger partial charge in [0.1, 0.15) is 19.5 Å². The van der Waals surface area contributed by atoms with Crippen molar-refractivity contribution in [2.75, 3.05) is 27.1 Å². The first-order valence-electron chi connectivity index (χ1n) is 6.28. The Morgan fingerprint density at radius 2 is 2.29 bits per heavy atom. The largest absolute Gasteiger partial charge is 0.395 e. The number of oxime groups is 1. The molecule has 0 amide bonds. The fourth-order valence-electron chi connectivity index (χ4n) is 2.30.